The van der Waals surface area contributed by atoms with Crippen LogP contribution >= 0.6 is 0 Å². The van der Waals surface area contributed by atoms with Crippen molar-refractivity contribution in [1.29, 1.82) is 0 Å². The van der Waals surface area contributed by atoms with Crippen LogP contribution < -0.4 is 16.3 Å². The normalized spacial score (nSPS) is 10.6. The van der Waals surface area contributed by atoms with Crippen LogP contribution in [-0.4, -0.2) is 11.9 Å². The summed E-state index contributed by atoms with van der Waals surface area (Å²) in [6.45, 7) is 4.43. The Bertz CT molecular complexity index is 695. The van der Waals surface area contributed by atoms with Crippen molar-refractivity contribution in [2.24, 2.45) is 5.92 Å². The average molecular weight is 329 g/mol. The maximum Gasteiger partial charge on any atom is 0.340 e. The monoisotopic (exact) mass is 329 g/mol. The standard InChI is InChI=1S/C18H23N3O3/c1-13(2)10-11-17(22)20-24-21-18(23)19-12-15-8-5-7-14-6-3-4-9-16(14)15/h3-9,13H,10-12H2,1-2H3,(H,20,22)(H2,19,21,23). The summed E-state index contributed by atoms with van der Waals surface area (Å²) >= 11 is 0. The highest BCUT2D eigenvalue weighted by molar-refractivity contribution is 5.86. The number of benzene rings is 2. The Hall–Kier alpha value is -2.60. The minimum absolute atomic E-state index is 0.266. The van der Waals surface area contributed by atoms with Crippen molar-refractivity contribution >= 4 is 22.7 Å². The highest BCUT2D eigenvalue weighted by atomic mass is 16.8. The highest BCUT2D eigenvalue weighted by Gasteiger charge is 2.06. The zero-order valence-electron chi connectivity index (χ0n) is 14.0. The van der Waals surface area contributed by atoms with Crippen LogP contribution in [0.25, 0.3) is 10.8 Å². The molecule has 3 amide bonds. The maximum absolute atomic E-state index is 11.7. The molecule has 0 radical (unpaired) electrons. The molecule has 24 heavy (non-hydrogen) atoms. The molecular formula is C18H23N3O3. The molecule has 0 spiro atoms. The largest absolute Gasteiger partial charge is 0.340 e. The van der Waals surface area contributed by atoms with Crippen LogP contribution in [0.4, 0.5) is 4.79 Å². The molecule has 0 bridgehead atoms. The lowest BCUT2D eigenvalue weighted by atomic mass is 10.0. The van der Waals surface area contributed by atoms with E-state index >= 15 is 0 Å². The predicted molar refractivity (Wildman–Crippen MR) is 92.6 cm³/mol. The molecule has 0 unspecified atom stereocenters. The van der Waals surface area contributed by atoms with Crippen molar-refractivity contribution in [3.63, 3.8) is 0 Å². The van der Waals surface area contributed by atoms with Gasteiger partial charge in [-0.3, -0.25) is 4.79 Å². The minimum atomic E-state index is -0.521. The SMILES string of the molecule is CC(C)CCC(=O)NONC(=O)NCc1cccc2ccccc12. The van der Waals surface area contributed by atoms with E-state index in [1.165, 1.54) is 0 Å². The zero-order chi connectivity index (χ0) is 17.4. The molecule has 0 atom stereocenters. The van der Waals surface area contributed by atoms with Gasteiger partial charge in [-0.05, 0) is 28.7 Å². The van der Waals surface area contributed by atoms with Crippen LogP contribution in [0.5, 0.6) is 0 Å². The summed E-state index contributed by atoms with van der Waals surface area (Å²) < 4.78 is 0. The second-order valence-corrected chi connectivity index (χ2v) is 5.98. The summed E-state index contributed by atoms with van der Waals surface area (Å²) in [7, 11) is 0. The van der Waals surface area contributed by atoms with Crippen molar-refractivity contribution in [2.75, 3.05) is 0 Å². The van der Waals surface area contributed by atoms with Gasteiger partial charge < -0.3 is 5.32 Å². The molecule has 0 saturated heterocycles. The molecule has 6 nitrogen and oxygen atoms in total. The third-order valence-electron chi connectivity index (χ3n) is 3.58. The van der Waals surface area contributed by atoms with Gasteiger partial charge in [-0.1, -0.05) is 56.3 Å². The summed E-state index contributed by atoms with van der Waals surface area (Å²) in [6.07, 6.45) is 1.12. The smallest absolute Gasteiger partial charge is 0.332 e. The number of hydrogen-bond donors (Lipinski definition) is 3. The molecule has 0 aliphatic rings. The van der Waals surface area contributed by atoms with Gasteiger partial charge in [0.2, 0.25) is 5.91 Å². The van der Waals surface area contributed by atoms with Crippen LogP contribution in [-0.2, 0) is 16.3 Å². The molecule has 6 heteroatoms. The molecule has 2 aromatic rings. The lowest BCUT2D eigenvalue weighted by Crippen LogP contribution is -2.40. The number of fused-ring (bicyclic) bond motifs is 1. The number of amides is 3. The first-order chi connectivity index (χ1) is 11.6. The number of hydrogen-bond acceptors (Lipinski definition) is 3. The van der Waals surface area contributed by atoms with Crippen LogP contribution in [0.1, 0.15) is 32.3 Å². The van der Waals surface area contributed by atoms with Gasteiger partial charge in [0.05, 0.1) is 0 Å². The van der Waals surface area contributed by atoms with Gasteiger partial charge in [-0.15, -0.1) is 0 Å². The van der Waals surface area contributed by atoms with Gasteiger partial charge in [0.1, 0.15) is 0 Å². The lowest BCUT2D eigenvalue weighted by Gasteiger charge is -2.10. The second-order valence-electron chi connectivity index (χ2n) is 5.98. The fraction of sp³-hybridized carbons (Fsp3) is 0.333. The van der Waals surface area contributed by atoms with E-state index in [-0.39, 0.29) is 5.91 Å². The molecule has 0 aliphatic carbocycles. The number of nitrogens with one attached hydrogen (secondary N) is 3. The molecule has 0 heterocycles. The Kier molecular flexibility index (Phi) is 6.57. The van der Waals surface area contributed by atoms with Crippen LogP contribution in [0.3, 0.4) is 0 Å². The number of urea groups is 1. The zero-order valence-corrected chi connectivity index (χ0v) is 14.0. The van der Waals surface area contributed by atoms with Crippen molar-refractivity contribution < 1.29 is 14.5 Å². The Labute approximate surface area is 141 Å². The van der Waals surface area contributed by atoms with Gasteiger partial charge in [0.15, 0.2) is 0 Å². The van der Waals surface area contributed by atoms with Crippen molar-refractivity contribution in [3.8, 4) is 0 Å². The quantitative estimate of drug-likeness (QED) is 0.683. The first-order valence-corrected chi connectivity index (χ1v) is 8.01. The minimum Gasteiger partial charge on any atom is -0.332 e. The molecule has 0 aromatic heterocycles. The van der Waals surface area contributed by atoms with Gasteiger partial charge in [-0.2, -0.15) is 10.4 Å². The van der Waals surface area contributed by atoms with Crippen LogP contribution in [0.2, 0.25) is 0 Å². The van der Waals surface area contributed by atoms with E-state index in [0.717, 1.165) is 22.8 Å². The van der Waals surface area contributed by atoms with Gasteiger partial charge >= 0.3 is 6.03 Å². The lowest BCUT2D eigenvalue weighted by molar-refractivity contribution is -0.138. The number of carbonyl (C=O) groups is 2. The van der Waals surface area contributed by atoms with E-state index < -0.39 is 6.03 Å². The first kappa shape index (κ1) is 17.7. The average Bonchev–Trinajstić information content (AvgIpc) is 2.58. The summed E-state index contributed by atoms with van der Waals surface area (Å²) in [4.78, 5) is 27.9. The van der Waals surface area contributed by atoms with E-state index in [9.17, 15) is 9.59 Å². The summed E-state index contributed by atoms with van der Waals surface area (Å²) in [5.74, 6) is 0.172. The van der Waals surface area contributed by atoms with Crippen LogP contribution in [0.15, 0.2) is 42.5 Å². The van der Waals surface area contributed by atoms with Crippen molar-refractivity contribution in [2.45, 2.75) is 33.2 Å². The van der Waals surface area contributed by atoms with E-state index in [1.54, 1.807) is 0 Å². The van der Waals surface area contributed by atoms with E-state index in [0.29, 0.717) is 18.9 Å². The summed E-state index contributed by atoms with van der Waals surface area (Å²) in [6, 6.07) is 13.4. The third kappa shape index (κ3) is 5.55. The summed E-state index contributed by atoms with van der Waals surface area (Å²) in [5, 5.41) is 4.89. The number of hydroxylamine groups is 2. The molecule has 2 aromatic carbocycles. The molecule has 3 N–H and O–H groups in total. The Morgan fingerprint density at radius 1 is 1.04 bits per heavy atom. The third-order valence-corrected chi connectivity index (χ3v) is 3.58. The van der Waals surface area contributed by atoms with Crippen molar-refractivity contribution in [1.82, 2.24) is 16.3 Å². The van der Waals surface area contributed by atoms with E-state index in [1.807, 2.05) is 56.3 Å². The summed E-state index contributed by atoms with van der Waals surface area (Å²) in [5.41, 5.74) is 5.33. The molecule has 0 fully saturated rings. The fourth-order valence-electron chi connectivity index (χ4n) is 2.26. The Morgan fingerprint density at radius 2 is 1.79 bits per heavy atom. The Balaban J connectivity index is 1.74. The Morgan fingerprint density at radius 3 is 2.58 bits per heavy atom. The number of carbonyl (C=O) groups excluding carboxylic acids is 2. The van der Waals surface area contributed by atoms with Gasteiger partial charge in [-0.25, -0.2) is 10.3 Å². The van der Waals surface area contributed by atoms with E-state index in [2.05, 4.69) is 16.3 Å². The first-order valence-electron chi connectivity index (χ1n) is 8.01. The predicted octanol–water partition coefficient (Wildman–Crippen LogP) is 3.04. The molecule has 2 rings (SSSR count). The second kappa shape index (κ2) is 8.88. The topological polar surface area (TPSA) is 79.5 Å². The van der Waals surface area contributed by atoms with Crippen LogP contribution in [0, 0.1) is 5.92 Å². The molecular weight excluding hydrogens is 306 g/mol. The highest BCUT2D eigenvalue weighted by Crippen LogP contribution is 2.18. The number of rotatable bonds is 7. The molecule has 0 aliphatic heterocycles. The van der Waals surface area contributed by atoms with Gasteiger partial charge in [0.25, 0.3) is 0 Å². The molecule has 128 valence electrons. The van der Waals surface area contributed by atoms with E-state index in [4.69, 9.17) is 4.94 Å². The maximum atomic E-state index is 11.7. The fourth-order valence-corrected chi connectivity index (χ4v) is 2.26. The molecule has 0 saturated carbocycles. The van der Waals surface area contributed by atoms with Crippen molar-refractivity contribution in [3.05, 3.63) is 48.0 Å². The van der Waals surface area contributed by atoms with Gasteiger partial charge in [0, 0.05) is 13.0 Å².